The molecule has 0 amide bonds. The highest BCUT2D eigenvalue weighted by Crippen LogP contribution is 2.31. The summed E-state index contributed by atoms with van der Waals surface area (Å²) in [6, 6.07) is 2.42. The van der Waals surface area contributed by atoms with Crippen LogP contribution in [0, 0.1) is 3.57 Å². The molecule has 0 aliphatic carbocycles. The fraction of sp³-hybridized carbons (Fsp3) is 0.375. The zero-order valence-corrected chi connectivity index (χ0v) is 9.26. The monoisotopic (exact) mass is 294 g/mol. The Balaban J connectivity index is 2.39. The topological polar surface area (TPSA) is 24.9 Å². The van der Waals surface area contributed by atoms with Gasteiger partial charge in [-0.2, -0.15) is 0 Å². The van der Waals surface area contributed by atoms with Gasteiger partial charge in [0.2, 0.25) is 0 Å². The van der Waals surface area contributed by atoms with Crippen molar-refractivity contribution in [2.45, 2.75) is 12.5 Å². The van der Waals surface area contributed by atoms with Crippen molar-refractivity contribution in [3.8, 4) is 0 Å². The predicted molar refractivity (Wildman–Crippen MR) is 57.3 cm³/mol. The van der Waals surface area contributed by atoms with E-state index in [1.807, 2.05) is 6.07 Å². The van der Waals surface area contributed by atoms with Gasteiger partial charge in [-0.25, -0.2) is 4.98 Å². The van der Waals surface area contributed by atoms with Crippen molar-refractivity contribution in [1.82, 2.24) is 10.3 Å². The first-order valence-electron chi connectivity index (χ1n) is 3.82. The van der Waals surface area contributed by atoms with E-state index in [0.29, 0.717) is 11.2 Å². The molecule has 1 saturated heterocycles. The molecule has 1 aromatic rings. The van der Waals surface area contributed by atoms with Crippen LogP contribution in [0.5, 0.6) is 0 Å². The zero-order valence-electron chi connectivity index (χ0n) is 6.35. The van der Waals surface area contributed by atoms with Crippen LogP contribution in [0.15, 0.2) is 12.3 Å². The van der Waals surface area contributed by atoms with E-state index in [9.17, 15) is 0 Å². The quantitative estimate of drug-likeness (QED) is 0.635. The van der Waals surface area contributed by atoms with E-state index < -0.39 is 0 Å². The van der Waals surface area contributed by atoms with Gasteiger partial charge in [-0.05, 0) is 41.6 Å². The van der Waals surface area contributed by atoms with Gasteiger partial charge in [0.25, 0.3) is 0 Å². The lowest BCUT2D eigenvalue weighted by Crippen LogP contribution is -2.35. The number of hydrogen-bond acceptors (Lipinski definition) is 2. The number of pyridine rings is 1. The van der Waals surface area contributed by atoms with Crippen LogP contribution in [0.25, 0.3) is 0 Å². The third-order valence-electron chi connectivity index (χ3n) is 2.06. The summed E-state index contributed by atoms with van der Waals surface area (Å²) in [5.74, 6) is 0. The summed E-state index contributed by atoms with van der Waals surface area (Å²) in [6.07, 6.45) is 2.91. The molecule has 4 heteroatoms. The Labute approximate surface area is 89.9 Å². The lowest BCUT2D eigenvalue weighted by atomic mass is 10.00. The lowest BCUT2D eigenvalue weighted by molar-refractivity contribution is 0.381. The van der Waals surface area contributed by atoms with Crippen LogP contribution in [0.3, 0.4) is 0 Å². The molecule has 0 aromatic carbocycles. The molecular formula is C8H8ClIN2. The number of halogens is 2. The minimum Gasteiger partial charge on any atom is -0.310 e. The maximum absolute atomic E-state index is 5.98. The van der Waals surface area contributed by atoms with Gasteiger partial charge in [0, 0.05) is 21.4 Å². The second kappa shape index (κ2) is 3.47. The fourth-order valence-electron chi connectivity index (χ4n) is 1.27. The number of nitrogens with one attached hydrogen (secondary N) is 1. The highest BCUT2D eigenvalue weighted by molar-refractivity contribution is 14.1. The summed E-state index contributed by atoms with van der Waals surface area (Å²) in [6.45, 7) is 1.09. The number of nitrogens with zero attached hydrogens (tertiary/aromatic N) is 1. The van der Waals surface area contributed by atoms with Crippen molar-refractivity contribution in [2.24, 2.45) is 0 Å². The summed E-state index contributed by atoms with van der Waals surface area (Å²) in [5, 5.41) is 3.95. The first-order chi connectivity index (χ1) is 5.79. The Morgan fingerprint density at radius 1 is 1.67 bits per heavy atom. The summed E-state index contributed by atoms with van der Waals surface area (Å²) in [5.41, 5.74) is 1.16. The molecule has 0 saturated carbocycles. The molecule has 2 heterocycles. The highest BCUT2D eigenvalue weighted by Gasteiger charge is 2.23. The summed E-state index contributed by atoms with van der Waals surface area (Å²) in [7, 11) is 0. The standard InChI is InChI=1S/C8H8ClIN2/c9-8-7(6-2-4-11-6)5(10)1-3-12-8/h1,3,6,11H,2,4H2/t6-/m0/s1. The molecule has 1 N–H and O–H groups in total. The van der Waals surface area contributed by atoms with Crippen LogP contribution >= 0.6 is 34.2 Å². The molecule has 1 fully saturated rings. The Kier molecular flexibility index (Phi) is 2.52. The van der Waals surface area contributed by atoms with Gasteiger partial charge in [0.1, 0.15) is 5.15 Å². The molecule has 2 rings (SSSR count). The van der Waals surface area contributed by atoms with Crippen LogP contribution in [-0.4, -0.2) is 11.5 Å². The third-order valence-corrected chi connectivity index (χ3v) is 3.30. The van der Waals surface area contributed by atoms with Gasteiger partial charge in [-0.1, -0.05) is 11.6 Å². The van der Waals surface area contributed by atoms with Crippen LogP contribution in [0.2, 0.25) is 5.15 Å². The van der Waals surface area contributed by atoms with Gasteiger partial charge in [-0.15, -0.1) is 0 Å². The van der Waals surface area contributed by atoms with Crippen LogP contribution in [0.1, 0.15) is 18.0 Å². The Hall–Kier alpha value is 0.130. The zero-order chi connectivity index (χ0) is 8.55. The molecular weight excluding hydrogens is 286 g/mol. The molecule has 1 aliphatic rings. The van der Waals surface area contributed by atoms with Gasteiger partial charge < -0.3 is 5.32 Å². The van der Waals surface area contributed by atoms with Crippen molar-refractivity contribution >= 4 is 34.2 Å². The maximum atomic E-state index is 5.98. The van der Waals surface area contributed by atoms with E-state index in [2.05, 4.69) is 32.9 Å². The second-order valence-corrected chi connectivity index (χ2v) is 4.31. The van der Waals surface area contributed by atoms with Crippen molar-refractivity contribution in [2.75, 3.05) is 6.54 Å². The van der Waals surface area contributed by atoms with Crippen LogP contribution in [-0.2, 0) is 0 Å². The number of rotatable bonds is 1. The first kappa shape index (κ1) is 8.72. The van der Waals surface area contributed by atoms with Crippen molar-refractivity contribution in [3.05, 3.63) is 26.5 Å². The minimum absolute atomic E-state index is 0.429. The van der Waals surface area contributed by atoms with Gasteiger partial charge in [0.05, 0.1) is 0 Å². The van der Waals surface area contributed by atoms with Gasteiger partial charge in [0.15, 0.2) is 0 Å². The van der Waals surface area contributed by atoms with Crippen molar-refractivity contribution in [3.63, 3.8) is 0 Å². The second-order valence-electron chi connectivity index (χ2n) is 2.79. The molecule has 1 aliphatic heterocycles. The molecule has 1 atom stereocenters. The lowest BCUT2D eigenvalue weighted by Gasteiger charge is -2.29. The Bertz CT molecular complexity index is 279. The highest BCUT2D eigenvalue weighted by atomic mass is 127. The van der Waals surface area contributed by atoms with E-state index in [4.69, 9.17) is 11.6 Å². The normalized spacial score (nSPS) is 22.0. The SMILES string of the molecule is Clc1nccc(I)c1[C@@H]1CCN1. The van der Waals surface area contributed by atoms with E-state index in [0.717, 1.165) is 12.1 Å². The molecule has 12 heavy (non-hydrogen) atoms. The molecule has 0 radical (unpaired) electrons. The largest absolute Gasteiger partial charge is 0.310 e. The molecule has 0 unspecified atom stereocenters. The van der Waals surface area contributed by atoms with Crippen molar-refractivity contribution < 1.29 is 0 Å². The average molecular weight is 295 g/mol. The number of hydrogen-bond donors (Lipinski definition) is 1. The van der Waals surface area contributed by atoms with Gasteiger partial charge in [-0.3, -0.25) is 0 Å². The molecule has 1 aromatic heterocycles. The van der Waals surface area contributed by atoms with E-state index >= 15 is 0 Å². The maximum Gasteiger partial charge on any atom is 0.134 e. The molecule has 0 spiro atoms. The van der Waals surface area contributed by atoms with Crippen molar-refractivity contribution in [1.29, 1.82) is 0 Å². The van der Waals surface area contributed by atoms with E-state index in [-0.39, 0.29) is 0 Å². The van der Waals surface area contributed by atoms with Gasteiger partial charge >= 0.3 is 0 Å². The van der Waals surface area contributed by atoms with Crippen LogP contribution < -0.4 is 5.32 Å². The Morgan fingerprint density at radius 3 is 2.92 bits per heavy atom. The molecule has 64 valence electrons. The molecule has 0 bridgehead atoms. The third kappa shape index (κ3) is 1.45. The fourth-order valence-corrected chi connectivity index (χ4v) is 2.51. The predicted octanol–water partition coefficient (Wildman–Crippen LogP) is 2.37. The summed E-state index contributed by atoms with van der Waals surface area (Å²) >= 11 is 8.28. The average Bonchev–Trinajstić information content (AvgIpc) is 1.93. The summed E-state index contributed by atoms with van der Waals surface area (Å²) in [4.78, 5) is 4.06. The smallest absolute Gasteiger partial charge is 0.134 e. The van der Waals surface area contributed by atoms with E-state index in [1.54, 1.807) is 6.20 Å². The minimum atomic E-state index is 0.429. The Morgan fingerprint density at radius 2 is 2.42 bits per heavy atom. The first-order valence-corrected chi connectivity index (χ1v) is 5.28. The molecule has 2 nitrogen and oxygen atoms in total. The number of aromatic nitrogens is 1. The van der Waals surface area contributed by atoms with E-state index in [1.165, 1.54) is 9.99 Å². The summed E-state index contributed by atoms with van der Waals surface area (Å²) < 4.78 is 1.20. The van der Waals surface area contributed by atoms with Crippen LogP contribution in [0.4, 0.5) is 0 Å².